The summed E-state index contributed by atoms with van der Waals surface area (Å²) in [6.45, 7) is 0.543. The van der Waals surface area contributed by atoms with Crippen molar-refractivity contribution in [3.63, 3.8) is 0 Å². The zero-order chi connectivity index (χ0) is 21.2. The molecule has 4 aromatic rings. The summed E-state index contributed by atoms with van der Waals surface area (Å²) in [5.41, 5.74) is 2.58. The van der Waals surface area contributed by atoms with Crippen molar-refractivity contribution in [2.75, 3.05) is 13.9 Å². The van der Waals surface area contributed by atoms with Crippen LogP contribution in [0.5, 0.6) is 17.2 Å². The van der Waals surface area contributed by atoms with Gasteiger partial charge >= 0.3 is 0 Å². The molecule has 0 unspecified atom stereocenters. The molecule has 0 atom stereocenters. The summed E-state index contributed by atoms with van der Waals surface area (Å²) < 4.78 is 23.0. The lowest BCUT2D eigenvalue weighted by Gasteiger charge is -2.09. The summed E-state index contributed by atoms with van der Waals surface area (Å²) in [5.74, 6) is 2.41. The fourth-order valence-electron chi connectivity index (χ4n) is 3.33. The van der Waals surface area contributed by atoms with Crippen LogP contribution in [0.4, 0.5) is 0 Å². The Morgan fingerprint density at radius 3 is 2.71 bits per heavy atom. The van der Waals surface area contributed by atoms with Gasteiger partial charge in [0.05, 0.1) is 19.1 Å². The van der Waals surface area contributed by atoms with E-state index in [0.717, 1.165) is 17.0 Å². The smallest absolute Gasteiger partial charge is 0.270 e. The van der Waals surface area contributed by atoms with Crippen LogP contribution in [0.3, 0.4) is 0 Å². The summed E-state index contributed by atoms with van der Waals surface area (Å²) in [6, 6.07) is 18.2. The molecule has 0 saturated heterocycles. The number of benzene rings is 2. The van der Waals surface area contributed by atoms with Crippen molar-refractivity contribution in [1.29, 1.82) is 0 Å². The molecule has 0 spiro atoms. The second-order valence-electron chi connectivity index (χ2n) is 6.87. The minimum Gasteiger partial charge on any atom is -0.497 e. The molecule has 31 heavy (non-hydrogen) atoms. The molecule has 1 aliphatic heterocycles. The van der Waals surface area contributed by atoms with E-state index in [-0.39, 0.29) is 12.7 Å². The normalized spacial score (nSPS) is 12.0. The Balaban J connectivity index is 1.42. The number of methoxy groups -OCH3 is 1. The Labute approximate surface area is 178 Å². The number of amides is 1. The molecule has 156 valence electrons. The van der Waals surface area contributed by atoms with E-state index in [9.17, 15) is 4.79 Å². The van der Waals surface area contributed by atoms with Gasteiger partial charge in [-0.15, -0.1) is 0 Å². The van der Waals surface area contributed by atoms with Gasteiger partial charge in [0.15, 0.2) is 17.3 Å². The van der Waals surface area contributed by atoms with Gasteiger partial charge in [0.2, 0.25) is 6.79 Å². The Morgan fingerprint density at radius 1 is 1.10 bits per heavy atom. The van der Waals surface area contributed by atoms with E-state index in [1.807, 2.05) is 42.5 Å². The van der Waals surface area contributed by atoms with Crippen LogP contribution in [0.2, 0.25) is 0 Å². The number of carbonyl (C=O) groups is 1. The summed E-state index contributed by atoms with van der Waals surface area (Å²) in [5, 5.41) is 7.53. The Kier molecular flexibility index (Phi) is 4.80. The van der Waals surface area contributed by atoms with Crippen LogP contribution in [0.25, 0.3) is 17.1 Å². The van der Waals surface area contributed by atoms with Gasteiger partial charge in [-0.1, -0.05) is 6.07 Å². The van der Waals surface area contributed by atoms with Crippen LogP contribution in [0.1, 0.15) is 16.1 Å². The first-order chi connectivity index (χ1) is 15.2. The average Bonchev–Trinajstić information content (AvgIpc) is 3.57. The second-order valence-corrected chi connectivity index (χ2v) is 6.87. The van der Waals surface area contributed by atoms with Crippen molar-refractivity contribution < 1.29 is 23.4 Å². The first kappa shape index (κ1) is 18.8. The minimum absolute atomic E-state index is 0.210. The van der Waals surface area contributed by atoms with E-state index in [1.54, 1.807) is 36.3 Å². The standard InChI is InChI=1S/C23H19N3O5/c1-28-17-7-5-16(6-8-17)26-19(12-18(25-26)20-3-2-10-29-20)23(27)24-13-15-4-9-21-22(11-15)31-14-30-21/h2-12H,13-14H2,1H3,(H,24,27). The lowest BCUT2D eigenvalue weighted by molar-refractivity contribution is 0.0943. The molecule has 0 bridgehead atoms. The molecule has 5 rings (SSSR count). The van der Waals surface area contributed by atoms with E-state index in [1.165, 1.54) is 0 Å². The molecule has 0 fully saturated rings. The number of rotatable bonds is 6. The van der Waals surface area contributed by atoms with Crippen molar-refractivity contribution in [1.82, 2.24) is 15.1 Å². The molecule has 0 aliphatic carbocycles. The van der Waals surface area contributed by atoms with Crippen molar-refractivity contribution in [2.24, 2.45) is 0 Å². The fourth-order valence-corrected chi connectivity index (χ4v) is 3.33. The quantitative estimate of drug-likeness (QED) is 0.513. The zero-order valence-electron chi connectivity index (χ0n) is 16.7. The van der Waals surface area contributed by atoms with Crippen molar-refractivity contribution in [3.8, 4) is 34.4 Å². The summed E-state index contributed by atoms with van der Waals surface area (Å²) in [7, 11) is 1.60. The maximum absolute atomic E-state index is 13.1. The molecule has 1 amide bonds. The molecule has 8 nitrogen and oxygen atoms in total. The molecule has 1 N–H and O–H groups in total. The monoisotopic (exact) mass is 417 g/mol. The summed E-state index contributed by atoms with van der Waals surface area (Å²) in [4.78, 5) is 13.1. The van der Waals surface area contributed by atoms with Gasteiger partial charge in [0, 0.05) is 12.6 Å². The van der Waals surface area contributed by atoms with E-state index >= 15 is 0 Å². The van der Waals surface area contributed by atoms with Crippen LogP contribution < -0.4 is 19.5 Å². The van der Waals surface area contributed by atoms with Gasteiger partial charge in [0.25, 0.3) is 5.91 Å². The lowest BCUT2D eigenvalue weighted by Crippen LogP contribution is -2.25. The van der Waals surface area contributed by atoms with E-state index in [4.69, 9.17) is 18.6 Å². The highest BCUT2D eigenvalue weighted by Crippen LogP contribution is 2.32. The van der Waals surface area contributed by atoms with Gasteiger partial charge in [0.1, 0.15) is 17.1 Å². The largest absolute Gasteiger partial charge is 0.497 e. The molecule has 0 saturated carbocycles. The number of carbonyl (C=O) groups excluding carboxylic acids is 1. The van der Waals surface area contributed by atoms with Crippen LogP contribution in [0.15, 0.2) is 71.3 Å². The van der Waals surface area contributed by atoms with E-state index in [0.29, 0.717) is 35.2 Å². The van der Waals surface area contributed by atoms with Crippen molar-refractivity contribution in [2.45, 2.75) is 6.54 Å². The highest BCUT2D eigenvalue weighted by Gasteiger charge is 2.19. The number of nitrogens with zero attached hydrogens (tertiary/aromatic N) is 2. The molecular formula is C23H19N3O5. The molecule has 2 aromatic carbocycles. The summed E-state index contributed by atoms with van der Waals surface area (Å²) in [6.07, 6.45) is 1.57. The predicted octanol–water partition coefficient (Wildman–Crippen LogP) is 3.80. The number of nitrogens with one attached hydrogen (secondary N) is 1. The van der Waals surface area contributed by atoms with Gasteiger partial charge in [-0.25, -0.2) is 4.68 Å². The van der Waals surface area contributed by atoms with E-state index < -0.39 is 0 Å². The topological polar surface area (TPSA) is 87.8 Å². The fraction of sp³-hybridized carbons (Fsp3) is 0.130. The van der Waals surface area contributed by atoms with Crippen LogP contribution in [-0.2, 0) is 6.54 Å². The minimum atomic E-state index is -0.265. The number of ether oxygens (including phenoxy) is 3. The Hall–Kier alpha value is -4.20. The maximum Gasteiger partial charge on any atom is 0.270 e. The van der Waals surface area contributed by atoms with Gasteiger partial charge in [-0.2, -0.15) is 5.10 Å². The zero-order valence-corrected chi connectivity index (χ0v) is 16.7. The van der Waals surface area contributed by atoms with Crippen molar-refractivity contribution >= 4 is 5.91 Å². The predicted molar refractivity (Wildman–Crippen MR) is 112 cm³/mol. The number of hydrogen-bond acceptors (Lipinski definition) is 6. The molecule has 3 heterocycles. The maximum atomic E-state index is 13.1. The third kappa shape index (κ3) is 3.71. The lowest BCUT2D eigenvalue weighted by atomic mass is 10.2. The molecule has 0 radical (unpaired) electrons. The van der Waals surface area contributed by atoms with E-state index in [2.05, 4.69) is 10.4 Å². The SMILES string of the molecule is COc1ccc(-n2nc(-c3ccco3)cc2C(=O)NCc2ccc3c(c2)OCO3)cc1. The molecule has 2 aromatic heterocycles. The average molecular weight is 417 g/mol. The van der Waals surface area contributed by atoms with Crippen LogP contribution >= 0.6 is 0 Å². The number of hydrogen-bond donors (Lipinski definition) is 1. The highest BCUT2D eigenvalue weighted by atomic mass is 16.7. The number of furan rings is 1. The first-order valence-electron chi connectivity index (χ1n) is 9.66. The van der Waals surface area contributed by atoms with Gasteiger partial charge < -0.3 is 23.9 Å². The number of aromatic nitrogens is 2. The van der Waals surface area contributed by atoms with Crippen molar-refractivity contribution in [3.05, 3.63) is 78.2 Å². The van der Waals surface area contributed by atoms with Crippen LogP contribution in [0, 0.1) is 0 Å². The Bertz CT molecular complexity index is 1210. The molecule has 8 heteroatoms. The third-order valence-corrected chi connectivity index (χ3v) is 4.92. The van der Waals surface area contributed by atoms with Crippen LogP contribution in [-0.4, -0.2) is 29.6 Å². The second kappa shape index (κ2) is 7.91. The summed E-state index contributed by atoms with van der Waals surface area (Å²) >= 11 is 0. The highest BCUT2D eigenvalue weighted by molar-refractivity contribution is 5.94. The Morgan fingerprint density at radius 2 is 1.94 bits per heavy atom. The van der Waals surface area contributed by atoms with Gasteiger partial charge in [-0.05, 0) is 54.1 Å². The molecule has 1 aliphatic rings. The first-order valence-corrected chi connectivity index (χ1v) is 9.66. The van der Waals surface area contributed by atoms with Gasteiger partial charge in [-0.3, -0.25) is 4.79 Å². The third-order valence-electron chi connectivity index (χ3n) is 4.92. The molecular weight excluding hydrogens is 398 g/mol. The number of fused-ring (bicyclic) bond motifs is 1.